The van der Waals surface area contributed by atoms with Crippen LogP contribution in [-0.2, 0) is 32.7 Å². The number of ether oxygens (including phenoxy) is 2. The summed E-state index contributed by atoms with van der Waals surface area (Å²) in [5.74, 6) is -4.27. The minimum atomic E-state index is -5.43. The number of hydrogen-bond acceptors (Lipinski definition) is 15. The predicted molar refractivity (Wildman–Crippen MR) is 232 cm³/mol. The van der Waals surface area contributed by atoms with Crippen molar-refractivity contribution in [2.45, 2.75) is 210 Å². The van der Waals surface area contributed by atoms with Crippen LogP contribution in [-0.4, -0.2) is 132 Å². The summed E-state index contributed by atoms with van der Waals surface area (Å²) < 4.78 is 34.4. The summed E-state index contributed by atoms with van der Waals surface area (Å²) in [5, 5.41) is 89.6. The first-order valence-corrected chi connectivity index (χ1v) is 24.5. The maximum absolute atomic E-state index is 13.4. The largest absolute Gasteiger partial charge is 0.472 e. The topological polar surface area (TPSA) is 270 Å². The van der Waals surface area contributed by atoms with Gasteiger partial charge in [0.15, 0.2) is 6.10 Å². The summed E-state index contributed by atoms with van der Waals surface area (Å²) in [7, 11) is -5.43. The Morgan fingerprint density at radius 2 is 1.37 bits per heavy atom. The predicted octanol–water partition coefficient (Wildman–Crippen LogP) is 4.99. The van der Waals surface area contributed by atoms with Crippen molar-refractivity contribution in [3.63, 3.8) is 0 Å². The highest BCUT2D eigenvalue weighted by molar-refractivity contribution is 7.47. The van der Waals surface area contributed by atoms with Crippen molar-refractivity contribution in [1.29, 1.82) is 0 Å². The van der Waals surface area contributed by atoms with Crippen molar-refractivity contribution >= 4 is 19.8 Å². The van der Waals surface area contributed by atoms with Crippen LogP contribution in [0, 0.1) is 11.8 Å². The van der Waals surface area contributed by atoms with E-state index in [1.807, 2.05) is 6.92 Å². The van der Waals surface area contributed by atoms with E-state index in [2.05, 4.69) is 19.1 Å². The number of hydrogen-bond donors (Lipinski definition) is 9. The van der Waals surface area contributed by atoms with Crippen LogP contribution in [0.5, 0.6) is 0 Å². The SMILES string of the molecule is CCCCCC/C=C\CCCCCCCCCC(=O)O[C@@H]1COC(=O)C/C=C\C[C@H]2[C@@H](O)[C@H](O)[C@@H](O)[C@H](OP(=O)(O)OC1)[C@H](O)[C@H](O)[C@@H](/C=C/[C@H](O)CCCCC)[C@H](O)C[C@@H]2O. The summed E-state index contributed by atoms with van der Waals surface area (Å²) in [6.45, 7) is 2.76. The van der Waals surface area contributed by atoms with Gasteiger partial charge in [0.05, 0.1) is 43.5 Å². The van der Waals surface area contributed by atoms with E-state index in [0.717, 1.165) is 64.2 Å². The van der Waals surface area contributed by atoms with Gasteiger partial charge >= 0.3 is 19.8 Å². The maximum atomic E-state index is 13.4. The van der Waals surface area contributed by atoms with Crippen LogP contribution >= 0.6 is 7.82 Å². The van der Waals surface area contributed by atoms with E-state index in [1.165, 1.54) is 50.0 Å². The molecule has 62 heavy (non-hydrogen) atoms. The maximum Gasteiger partial charge on any atom is 0.472 e. The van der Waals surface area contributed by atoms with Gasteiger partial charge in [-0.1, -0.05) is 121 Å². The van der Waals surface area contributed by atoms with E-state index in [0.29, 0.717) is 19.3 Å². The first-order valence-electron chi connectivity index (χ1n) is 23.0. The second-order valence-corrected chi connectivity index (χ2v) is 18.3. The van der Waals surface area contributed by atoms with Crippen molar-refractivity contribution in [3.05, 3.63) is 36.5 Å². The number of esters is 2. The second kappa shape index (κ2) is 31.8. The van der Waals surface area contributed by atoms with Crippen LogP contribution in [0.4, 0.5) is 0 Å². The number of aliphatic hydroxyl groups excluding tert-OH is 8. The minimum Gasteiger partial charge on any atom is -0.461 e. The number of carbonyl (C=O) groups excluding carboxylic acids is 2. The van der Waals surface area contributed by atoms with Gasteiger partial charge in [0, 0.05) is 24.7 Å². The molecule has 0 aromatic rings. The Morgan fingerprint density at radius 3 is 2.03 bits per heavy atom. The van der Waals surface area contributed by atoms with Gasteiger partial charge in [0.25, 0.3) is 0 Å². The Balaban J connectivity index is 2.17. The zero-order valence-electron chi connectivity index (χ0n) is 37.0. The number of fused-ring (bicyclic) bond motifs is 4. The number of cyclic esters (lactones) is 1. The Bertz CT molecular complexity index is 1360. The molecule has 13 atom stereocenters. The summed E-state index contributed by atoms with van der Waals surface area (Å²) in [4.78, 5) is 36.3. The molecule has 2 aliphatic rings. The Morgan fingerprint density at radius 1 is 0.774 bits per heavy atom. The molecule has 1 aliphatic heterocycles. The van der Waals surface area contributed by atoms with E-state index in [-0.39, 0.29) is 19.3 Å². The highest BCUT2D eigenvalue weighted by Crippen LogP contribution is 2.47. The summed E-state index contributed by atoms with van der Waals surface area (Å²) in [6.07, 6.45) is 6.22. The zero-order valence-corrected chi connectivity index (χ0v) is 37.9. The molecule has 1 saturated carbocycles. The molecule has 1 unspecified atom stereocenters. The molecule has 360 valence electrons. The number of aliphatic hydroxyl groups is 8. The summed E-state index contributed by atoms with van der Waals surface area (Å²) in [5.41, 5.74) is 0. The van der Waals surface area contributed by atoms with Crippen molar-refractivity contribution in [3.8, 4) is 0 Å². The normalized spacial score (nSPS) is 33.3. The lowest BCUT2D eigenvalue weighted by Gasteiger charge is -2.37. The van der Waals surface area contributed by atoms with E-state index in [9.17, 15) is 59.9 Å². The average molecular weight is 907 g/mol. The fourth-order valence-electron chi connectivity index (χ4n) is 7.67. The molecule has 0 radical (unpaired) electrons. The molecule has 0 amide bonds. The lowest BCUT2D eigenvalue weighted by molar-refractivity contribution is -0.167. The Labute approximate surface area is 368 Å². The minimum absolute atomic E-state index is 0.0202. The van der Waals surface area contributed by atoms with Crippen molar-refractivity contribution < 1.29 is 78.4 Å². The molecule has 16 nitrogen and oxygen atoms in total. The van der Waals surface area contributed by atoms with Crippen LogP contribution in [0.1, 0.15) is 149 Å². The van der Waals surface area contributed by atoms with Crippen molar-refractivity contribution in [1.82, 2.24) is 0 Å². The lowest BCUT2D eigenvalue weighted by Crippen LogP contribution is -2.55. The van der Waals surface area contributed by atoms with Gasteiger partial charge in [0.2, 0.25) is 0 Å². The quantitative estimate of drug-likeness (QED) is 0.0300. The smallest absolute Gasteiger partial charge is 0.461 e. The van der Waals surface area contributed by atoms with Crippen LogP contribution in [0.3, 0.4) is 0 Å². The van der Waals surface area contributed by atoms with Gasteiger partial charge < -0.3 is 55.2 Å². The number of carbonyl (C=O) groups is 2. The fraction of sp³-hybridized carbons (Fsp3) is 0.822. The molecule has 2 rings (SSSR count). The summed E-state index contributed by atoms with van der Waals surface area (Å²) >= 11 is 0. The Kier molecular flexibility index (Phi) is 28.7. The molecule has 0 saturated heterocycles. The molecule has 0 aromatic heterocycles. The number of rotatable bonds is 22. The number of phosphoric acid groups is 1. The van der Waals surface area contributed by atoms with E-state index < -0.39 is 112 Å². The highest BCUT2D eigenvalue weighted by atomic mass is 31.2. The third-order valence-electron chi connectivity index (χ3n) is 11.5. The molecule has 2 bridgehead atoms. The molecule has 1 aliphatic carbocycles. The first kappa shape index (κ1) is 56.1. The van der Waals surface area contributed by atoms with E-state index in [4.69, 9.17) is 18.5 Å². The average Bonchev–Trinajstić information content (AvgIpc) is 3.23. The van der Waals surface area contributed by atoms with Crippen LogP contribution in [0.25, 0.3) is 0 Å². The van der Waals surface area contributed by atoms with E-state index >= 15 is 0 Å². The monoisotopic (exact) mass is 907 g/mol. The molecule has 9 N–H and O–H groups in total. The molecular weight excluding hydrogens is 827 g/mol. The third kappa shape index (κ3) is 22.2. The summed E-state index contributed by atoms with van der Waals surface area (Å²) in [6, 6.07) is 0. The second-order valence-electron chi connectivity index (χ2n) is 16.9. The molecule has 0 spiro atoms. The van der Waals surface area contributed by atoms with Gasteiger partial charge in [0.1, 0.15) is 31.0 Å². The van der Waals surface area contributed by atoms with Crippen LogP contribution < -0.4 is 0 Å². The van der Waals surface area contributed by atoms with Gasteiger partial charge in [-0.05, 0) is 44.9 Å². The molecule has 1 heterocycles. The third-order valence-corrected chi connectivity index (χ3v) is 12.5. The van der Waals surface area contributed by atoms with Gasteiger partial charge in [-0.25, -0.2) is 4.57 Å². The molecular formula is C45H79O16P. The lowest BCUT2D eigenvalue weighted by atomic mass is 9.83. The first-order chi connectivity index (χ1) is 29.6. The van der Waals surface area contributed by atoms with Crippen LogP contribution in [0.2, 0.25) is 0 Å². The van der Waals surface area contributed by atoms with E-state index in [1.54, 1.807) is 0 Å². The van der Waals surface area contributed by atoms with Crippen LogP contribution in [0.15, 0.2) is 36.5 Å². The number of allylic oxidation sites excluding steroid dienone is 3. The van der Waals surface area contributed by atoms with Gasteiger partial charge in [-0.3, -0.25) is 18.6 Å². The molecule has 0 aromatic carbocycles. The van der Waals surface area contributed by atoms with Crippen molar-refractivity contribution in [2.75, 3.05) is 13.2 Å². The number of phosphoric ester groups is 1. The molecule has 1 fully saturated rings. The van der Waals surface area contributed by atoms with Gasteiger partial charge in [-0.15, -0.1) is 0 Å². The highest BCUT2D eigenvalue weighted by Gasteiger charge is 2.49. The molecule has 17 heteroatoms. The fourth-order valence-corrected chi connectivity index (χ4v) is 8.64. The Hall–Kier alpha value is -2.05. The standard InChI is InChI=1S/C45H79O16P/c1-3-5-7-8-9-10-11-12-13-14-15-16-17-18-20-26-39(50)60-33-30-58-38(49)25-22-21-24-34-36(47)29-37(48)35(28-27-32(46)23-19-6-4-2)41(52)43(54)45(44(55)42(53)40(34)51)61-62(56,57)59-31-33/h10-11,21-22,27-28,32-37,40-48,51-55H,3-9,12-20,23-26,29-31H2,1-2H3,(H,56,57)/b11-10-,22-21-,28-27+/t32-,33-,34-,35+,36+,37-,40-,41-,42+,43-,44-,45-/m1/s1. The van der Waals surface area contributed by atoms with Gasteiger partial charge in [-0.2, -0.15) is 0 Å². The zero-order chi connectivity index (χ0) is 45.9. The van der Waals surface area contributed by atoms with Crippen molar-refractivity contribution in [2.24, 2.45) is 11.8 Å². The number of unbranched alkanes of at least 4 members (excludes halogenated alkanes) is 13.